The maximum atomic E-state index is 12.3. The number of hydrogen-bond acceptors (Lipinski definition) is 4. The highest BCUT2D eigenvalue weighted by atomic mass is 16.3. The summed E-state index contributed by atoms with van der Waals surface area (Å²) in [5.41, 5.74) is 7.03. The molecule has 2 atom stereocenters. The number of ketones is 1. The highest BCUT2D eigenvalue weighted by molar-refractivity contribution is 5.98. The Kier molecular flexibility index (Phi) is 6.31. The first-order chi connectivity index (χ1) is 11.8. The number of likely N-dealkylation sites (tertiary alicyclic amines) is 1. The first-order valence-corrected chi connectivity index (χ1v) is 8.67. The Morgan fingerprint density at radius 3 is 2.40 bits per heavy atom. The molecule has 3 N–H and O–H groups in total. The number of carbonyl (C=O) groups is 3. The molecule has 0 bridgehead atoms. The number of nitrogens with two attached hydrogens (primary N) is 1. The van der Waals surface area contributed by atoms with E-state index in [1.807, 2.05) is 12.1 Å². The molecule has 0 aliphatic carbocycles. The van der Waals surface area contributed by atoms with Crippen LogP contribution >= 0.6 is 0 Å². The number of hydrogen-bond donors (Lipinski definition) is 2. The SMILES string of the molecule is CC(C)Cc1ccc(C(=O)CCC(=O)N2C[C@H](O)C[C@@H]2C(N)=O)cc1. The summed E-state index contributed by atoms with van der Waals surface area (Å²) in [5, 5.41) is 9.64. The maximum absolute atomic E-state index is 12.3. The maximum Gasteiger partial charge on any atom is 0.240 e. The number of rotatable bonds is 7. The molecule has 2 rings (SSSR count). The molecule has 0 unspecified atom stereocenters. The van der Waals surface area contributed by atoms with E-state index >= 15 is 0 Å². The van der Waals surface area contributed by atoms with Crippen LogP contribution in [0.2, 0.25) is 0 Å². The predicted molar refractivity (Wildman–Crippen MR) is 93.9 cm³/mol. The molecule has 6 heteroatoms. The van der Waals surface area contributed by atoms with Crippen molar-refractivity contribution in [1.29, 1.82) is 0 Å². The van der Waals surface area contributed by atoms with E-state index in [0.717, 1.165) is 6.42 Å². The molecular formula is C19H26N2O4. The lowest BCUT2D eigenvalue weighted by Gasteiger charge is -2.21. The number of benzene rings is 1. The smallest absolute Gasteiger partial charge is 0.240 e. The zero-order valence-electron chi connectivity index (χ0n) is 14.8. The van der Waals surface area contributed by atoms with Gasteiger partial charge in [0, 0.05) is 31.4 Å². The lowest BCUT2D eigenvalue weighted by Crippen LogP contribution is -2.43. The molecule has 0 radical (unpaired) electrons. The molecule has 0 aromatic heterocycles. The highest BCUT2D eigenvalue weighted by Crippen LogP contribution is 2.20. The van der Waals surface area contributed by atoms with Gasteiger partial charge in [0.15, 0.2) is 5.78 Å². The Balaban J connectivity index is 1.90. The fraction of sp³-hybridized carbons (Fsp3) is 0.526. The van der Waals surface area contributed by atoms with Crippen molar-refractivity contribution in [2.45, 2.75) is 51.7 Å². The van der Waals surface area contributed by atoms with Crippen LogP contribution in [0.3, 0.4) is 0 Å². The molecule has 6 nitrogen and oxygen atoms in total. The minimum atomic E-state index is -0.784. The van der Waals surface area contributed by atoms with Crippen LogP contribution < -0.4 is 5.73 Å². The van der Waals surface area contributed by atoms with E-state index in [2.05, 4.69) is 13.8 Å². The number of Topliss-reactive ketones (excluding diaryl/α,β-unsaturated/α-hetero) is 1. The average Bonchev–Trinajstić information content (AvgIpc) is 2.94. The Morgan fingerprint density at radius 2 is 1.84 bits per heavy atom. The molecule has 2 amide bonds. The first kappa shape index (κ1) is 19.1. The molecule has 1 aromatic rings. The molecule has 1 aliphatic heterocycles. The van der Waals surface area contributed by atoms with Crippen molar-refractivity contribution in [2.75, 3.05) is 6.54 Å². The predicted octanol–water partition coefficient (Wildman–Crippen LogP) is 1.30. The van der Waals surface area contributed by atoms with Gasteiger partial charge in [-0.15, -0.1) is 0 Å². The van der Waals surface area contributed by atoms with Gasteiger partial charge < -0.3 is 15.7 Å². The van der Waals surface area contributed by atoms with Crippen LogP contribution in [0.5, 0.6) is 0 Å². The number of carbonyl (C=O) groups excluding carboxylic acids is 3. The fourth-order valence-corrected chi connectivity index (χ4v) is 3.17. The van der Waals surface area contributed by atoms with E-state index in [-0.39, 0.29) is 37.5 Å². The third-order valence-electron chi connectivity index (χ3n) is 4.41. The number of β-amino-alcohol motifs (C(OH)–C–C–N with tert-alkyl or cyclic N) is 1. The highest BCUT2D eigenvalue weighted by Gasteiger charge is 2.37. The van der Waals surface area contributed by atoms with Crippen LogP contribution in [0.1, 0.15) is 49.0 Å². The van der Waals surface area contributed by atoms with Gasteiger partial charge in [-0.1, -0.05) is 38.1 Å². The lowest BCUT2D eigenvalue weighted by atomic mass is 9.99. The van der Waals surface area contributed by atoms with Crippen LogP contribution in [0.15, 0.2) is 24.3 Å². The molecule has 1 fully saturated rings. The molecule has 0 saturated carbocycles. The Bertz CT molecular complexity index is 639. The Labute approximate surface area is 148 Å². The summed E-state index contributed by atoms with van der Waals surface area (Å²) in [7, 11) is 0. The second-order valence-corrected chi connectivity index (χ2v) is 7.07. The van der Waals surface area contributed by atoms with Gasteiger partial charge in [0.2, 0.25) is 11.8 Å². The zero-order chi connectivity index (χ0) is 18.6. The quantitative estimate of drug-likeness (QED) is 0.727. The molecule has 0 spiro atoms. The van der Waals surface area contributed by atoms with Gasteiger partial charge in [-0.2, -0.15) is 0 Å². The summed E-state index contributed by atoms with van der Waals surface area (Å²) in [4.78, 5) is 37.2. The van der Waals surface area contributed by atoms with Crippen LogP contribution in [0.25, 0.3) is 0 Å². The summed E-state index contributed by atoms with van der Waals surface area (Å²) in [6, 6.07) is 6.67. The van der Waals surface area contributed by atoms with E-state index in [4.69, 9.17) is 5.73 Å². The molecular weight excluding hydrogens is 320 g/mol. The Morgan fingerprint density at radius 1 is 1.20 bits per heavy atom. The standard InChI is InChI=1S/C19H26N2O4/c1-12(2)9-13-3-5-14(6-4-13)17(23)7-8-18(24)21-11-15(22)10-16(21)19(20)25/h3-6,12,15-16,22H,7-11H2,1-2H3,(H2,20,25)/t15-,16-/m1/s1. The number of aliphatic hydroxyl groups is 1. The fourth-order valence-electron chi connectivity index (χ4n) is 3.17. The average molecular weight is 346 g/mol. The van der Waals surface area contributed by atoms with Crippen molar-refractivity contribution in [3.05, 3.63) is 35.4 Å². The van der Waals surface area contributed by atoms with Crippen molar-refractivity contribution < 1.29 is 19.5 Å². The normalized spacial score (nSPS) is 20.1. The first-order valence-electron chi connectivity index (χ1n) is 8.67. The van der Waals surface area contributed by atoms with Crippen LogP contribution in [-0.2, 0) is 16.0 Å². The third-order valence-corrected chi connectivity index (χ3v) is 4.41. The second kappa shape index (κ2) is 8.25. The minimum absolute atomic E-state index is 0.00305. The molecule has 1 saturated heterocycles. The minimum Gasteiger partial charge on any atom is -0.391 e. The second-order valence-electron chi connectivity index (χ2n) is 7.07. The number of amides is 2. The van der Waals surface area contributed by atoms with Gasteiger partial charge in [-0.25, -0.2) is 0 Å². The molecule has 1 aliphatic rings. The van der Waals surface area contributed by atoms with Gasteiger partial charge in [0.05, 0.1) is 6.10 Å². The largest absolute Gasteiger partial charge is 0.391 e. The van der Waals surface area contributed by atoms with Gasteiger partial charge in [0.1, 0.15) is 6.04 Å². The number of nitrogens with zero attached hydrogens (tertiary/aromatic N) is 1. The van der Waals surface area contributed by atoms with Crippen molar-refractivity contribution in [3.8, 4) is 0 Å². The number of primary amides is 1. The summed E-state index contributed by atoms with van der Waals surface area (Å²) in [5.74, 6) is -0.518. The zero-order valence-corrected chi connectivity index (χ0v) is 14.8. The van der Waals surface area contributed by atoms with Gasteiger partial charge in [-0.3, -0.25) is 14.4 Å². The summed E-state index contributed by atoms with van der Waals surface area (Å²) < 4.78 is 0. The summed E-state index contributed by atoms with van der Waals surface area (Å²) >= 11 is 0. The van der Waals surface area contributed by atoms with Crippen molar-refractivity contribution >= 4 is 17.6 Å². The van der Waals surface area contributed by atoms with Crippen molar-refractivity contribution in [1.82, 2.24) is 4.90 Å². The third kappa shape index (κ3) is 5.13. The lowest BCUT2D eigenvalue weighted by molar-refractivity contribution is -0.137. The Hall–Kier alpha value is -2.21. The molecule has 1 aromatic carbocycles. The van der Waals surface area contributed by atoms with Gasteiger partial charge in [0.25, 0.3) is 0 Å². The van der Waals surface area contributed by atoms with Gasteiger partial charge in [-0.05, 0) is 17.9 Å². The summed E-state index contributed by atoms with van der Waals surface area (Å²) in [6.45, 7) is 4.36. The number of aliphatic hydroxyl groups excluding tert-OH is 1. The molecule has 136 valence electrons. The topological polar surface area (TPSA) is 101 Å². The van der Waals surface area contributed by atoms with Crippen LogP contribution in [0.4, 0.5) is 0 Å². The van der Waals surface area contributed by atoms with E-state index in [0.29, 0.717) is 11.5 Å². The monoisotopic (exact) mass is 346 g/mol. The van der Waals surface area contributed by atoms with Crippen LogP contribution in [-0.4, -0.2) is 46.3 Å². The van der Waals surface area contributed by atoms with E-state index in [9.17, 15) is 19.5 Å². The van der Waals surface area contributed by atoms with Crippen molar-refractivity contribution in [2.24, 2.45) is 11.7 Å². The van der Waals surface area contributed by atoms with E-state index in [1.54, 1.807) is 12.1 Å². The summed E-state index contributed by atoms with van der Waals surface area (Å²) in [6.07, 6.45) is 0.444. The molecule has 25 heavy (non-hydrogen) atoms. The molecule has 1 heterocycles. The van der Waals surface area contributed by atoms with E-state index in [1.165, 1.54) is 10.5 Å². The van der Waals surface area contributed by atoms with Gasteiger partial charge >= 0.3 is 0 Å². The van der Waals surface area contributed by atoms with E-state index < -0.39 is 18.1 Å². The van der Waals surface area contributed by atoms with Crippen molar-refractivity contribution in [3.63, 3.8) is 0 Å². The van der Waals surface area contributed by atoms with Crippen LogP contribution in [0, 0.1) is 5.92 Å².